The second-order valence-corrected chi connectivity index (χ2v) is 5.65. The van der Waals surface area contributed by atoms with Crippen LogP contribution in [0.15, 0.2) is 30.3 Å². The summed E-state index contributed by atoms with van der Waals surface area (Å²) in [7, 11) is 0. The first-order chi connectivity index (χ1) is 11.5. The van der Waals surface area contributed by atoms with Gasteiger partial charge in [-0.25, -0.2) is 4.79 Å². The summed E-state index contributed by atoms with van der Waals surface area (Å²) in [6.45, 7) is -0.393. The summed E-state index contributed by atoms with van der Waals surface area (Å²) in [4.78, 5) is 33.6. The molecular weight excluding hydrogens is 340 g/mol. The van der Waals surface area contributed by atoms with Gasteiger partial charge in [0, 0.05) is 17.8 Å². The van der Waals surface area contributed by atoms with Gasteiger partial charge in [-0.1, -0.05) is 11.3 Å². The number of nitrogens with zero attached hydrogens (tertiary/aromatic N) is 1. The number of carbonyl (C=O) groups excluding carboxylic acids is 2. The number of nitro groups is 1. The topological polar surface area (TPSA) is 117 Å². The lowest BCUT2D eigenvalue weighted by atomic mass is 10.3. The Balaban J connectivity index is 1.53. The van der Waals surface area contributed by atoms with Gasteiger partial charge >= 0.3 is 11.0 Å². The highest BCUT2D eigenvalue weighted by molar-refractivity contribution is 7.17. The van der Waals surface area contributed by atoms with Gasteiger partial charge in [0.05, 0.1) is 4.92 Å². The van der Waals surface area contributed by atoms with Crippen LogP contribution in [0.3, 0.4) is 0 Å². The lowest BCUT2D eigenvalue weighted by Gasteiger charge is -2.06. The fourth-order valence-corrected chi connectivity index (χ4v) is 2.62. The van der Waals surface area contributed by atoms with Crippen LogP contribution in [0, 0.1) is 10.1 Å². The molecule has 0 aliphatic carbocycles. The maximum atomic E-state index is 11.8. The first-order valence-electron chi connectivity index (χ1n) is 6.64. The van der Waals surface area contributed by atoms with Gasteiger partial charge in [0.15, 0.2) is 18.1 Å². The summed E-state index contributed by atoms with van der Waals surface area (Å²) in [6, 6.07) is 7.34. The molecule has 3 rings (SSSR count). The molecule has 1 aromatic heterocycles. The van der Waals surface area contributed by atoms with E-state index in [0.717, 1.165) is 0 Å². The number of esters is 1. The highest BCUT2D eigenvalue weighted by Gasteiger charge is 2.18. The van der Waals surface area contributed by atoms with Crippen molar-refractivity contribution in [2.24, 2.45) is 0 Å². The molecule has 0 fully saturated rings. The van der Waals surface area contributed by atoms with Crippen LogP contribution in [0.1, 0.15) is 9.67 Å². The van der Waals surface area contributed by atoms with Gasteiger partial charge in [-0.15, -0.1) is 0 Å². The molecule has 124 valence electrons. The predicted molar refractivity (Wildman–Crippen MR) is 82.5 cm³/mol. The van der Waals surface area contributed by atoms with E-state index in [1.165, 1.54) is 12.1 Å². The minimum absolute atomic E-state index is 0.0533. The fraction of sp³-hybridized carbons (Fsp3) is 0.143. The minimum atomic E-state index is -0.797. The number of amides is 1. The Morgan fingerprint density at radius 2 is 2.04 bits per heavy atom. The maximum Gasteiger partial charge on any atom is 0.349 e. The number of nitrogens with one attached hydrogen (secondary N) is 1. The minimum Gasteiger partial charge on any atom is -0.454 e. The Morgan fingerprint density at radius 1 is 1.25 bits per heavy atom. The lowest BCUT2D eigenvalue weighted by Crippen LogP contribution is -2.20. The van der Waals surface area contributed by atoms with Crippen molar-refractivity contribution < 1.29 is 28.7 Å². The standard InChI is InChI=1S/C14H10N2O7S/c17-12(15-8-1-2-9-10(5-8)23-7-22-9)6-21-14(18)11-3-4-13(24-11)16(19)20/h1-5H,6-7H2,(H,15,17). The highest BCUT2D eigenvalue weighted by atomic mass is 32.1. The molecule has 0 unspecified atom stereocenters. The molecule has 0 bridgehead atoms. The Labute approximate surface area is 138 Å². The number of rotatable bonds is 5. The zero-order valence-electron chi connectivity index (χ0n) is 12.0. The highest BCUT2D eigenvalue weighted by Crippen LogP contribution is 2.34. The van der Waals surface area contributed by atoms with E-state index in [0.29, 0.717) is 28.5 Å². The summed E-state index contributed by atoms with van der Waals surface area (Å²) in [6.07, 6.45) is 0. The van der Waals surface area contributed by atoms with Gasteiger partial charge < -0.3 is 19.5 Å². The molecule has 24 heavy (non-hydrogen) atoms. The quantitative estimate of drug-likeness (QED) is 0.499. The van der Waals surface area contributed by atoms with Crippen molar-refractivity contribution in [2.75, 3.05) is 18.7 Å². The predicted octanol–water partition coefficient (Wildman–Crippen LogP) is 2.18. The zero-order chi connectivity index (χ0) is 17.1. The molecule has 1 aromatic carbocycles. The molecule has 2 aromatic rings. The summed E-state index contributed by atoms with van der Waals surface area (Å²) >= 11 is 0.682. The van der Waals surface area contributed by atoms with E-state index in [1.54, 1.807) is 18.2 Å². The summed E-state index contributed by atoms with van der Waals surface area (Å²) in [5, 5.41) is 12.9. The molecule has 1 aliphatic heterocycles. The van der Waals surface area contributed by atoms with E-state index in [2.05, 4.69) is 5.32 Å². The van der Waals surface area contributed by atoms with Crippen molar-refractivity contribution in [1.82, 2.24) is 0 Å². The molecule has 10 heteroatoms. The Hall–Kier alpha value is -3.14. The zero-order valence-corrected chi connectivity index (χ0v) is 12.8. The van der Waals surface area contributed by atoms with Gasteiger partial charge in [-0.2, -0.15) is 0 Å². The van der Waals surface area contributed by atoms with E-state index in [-0.39, 0.29) is 16.7 Å². The maximum absolute atomic E-state index is 11.8. The number of hydrogen-bond acceptors (Lipinski definition) is 8. The number of anilines is 1. The number of fused-ring (bicyclic) bond motifs is 1. The number of benzene rings is 1. The van der Waals surface area contributed by atoms with Gasteiger partial charge in [-0.05, 0) is 18.2 Å². The second kappa shape index (κ2) is 6.54. The molecule has 0 spiro atoms. The van der Waals surface area contributed by atoms with E-state index >= 15 is 0 Å². The van der Waals surface area contributed by atoms with Gasteiger partial charge in [0.2, 0.25) is 6.79 Å². The van der Waals surface area contributed by atoms with E-state index in [4.69, 9.17) is 14.2 Å². The Bertz CT molecular complexity index is 817. The van der Waals surface area contributed by atoms with E-state index in [1.807, 2.05) is 0 Å². The van der Waals surface area contributed by atoms with Crippen LogP contribution in [-0.2, 0) is 9.53 Å². The van der Waals surface area contributed by atoms with Crippen molar-refractivity contribution >= 4 is 33.9 Å². The average molecular weight is 350 g/mol. The van der Waals surface area contributed by atoms with Crippen LogP contribution in [0.25, 0.3) is 0 Å². The van der Waals surface area contributed by atoms with E-state index < -0.39 is 23.4 Å². The monoisotopic (exact) mass is 350 g/mol. The third kappa shape index (κ3) is 3.43. The molecule has 1 N–H and O–H groups in total. The largest absolute Gasteiger partial charge is 0.454 e. The van der Waals surface area contributed by atoms with Crippen LogP contribution >= 0.6 is 11.3 Å². The first-order valence-corrected chi connectivity index (χ1v) is 7.45. The van der Waals surface area contributed by atoms with Crippen LogP contribution in [0.5, 0.6) is 11.5 Å². The summed E-state index contributed by atoms with van der Waals surface area (Å²) < 4.78 is 15.2. The Morgan fingerprint density at radius 3 is 2.79 bits per heavy atom. The molecule has 1 amide bonds. The molecule has 9 nitrogen and oxygen atoms in total. The molecule has 2 heterocycles. The smallest absolute Gasteiger partial charge is 0.349 e. The summed E-state index contributed by atoms with van der Waals surface area (Å²) in [5.41, 5.74) is 0.465. The van der Waals surface area contributed by atoms with Crippen molar-refractivity contribution in [3.05, 3.63) is 45.3 Å². The molecule has 1 aliphatic rings. The third-order valence-corrected chi connectivity index (χ3v) is 3.98. The van der Waals surface area contributed by atoms with Crippen molar-refractivity contribution in [2.45, 2.75) is 0 Å². The average Bonchev–Trinajstić information content (AvgIpc) is 3.21. The van der Waals surface area contributed by atoms with Gasteiger partial charge in [0.25, 0.3) is 5.91 Å². The first kappa shape index (κ1) is 15.7. The normalized spacial score (nSPS) is 11.8. The van der Waals surface area contributed by atoms with Crippen molar-refractivity contribution in [3.8, 4) is 11.5 Å². The number of carbonyl (C=O) groups is 2. The third-order valence-electron chi connectivity index (χ3n) is 2.96. The number of ether oxygens (including phenoxy) is 3. The fourth-order valence-electron chi connectivity index (χ4n) is 1.91. The molecule has 0 saturated carbocycles. The Kier molecular flexibility index (Phi) is 4.29. The van der Waals surface area contributed by atoms with Crippen LogP contribution in [0.2, 0.25) is 0 Å². The van der Waals surface area contributed by atoms with Gasteiger partial charge in [-0.3, -0.25) is 14.9 Å². The van der Waals surface area contributed by atoms with Crippen LogP contribution in [0.4, 0.5) is 10.7 Å². The molecule has 0 saturated heterocycles. The SMILES string of the molecule is O=C(COC(=O)c1ccc([N+](=O)[O-])s1)Nc1ccc2c(c1)OCO2. The second-order valence-electron chi connectivity index (χ2n) is 4.59. The van der Waals surface area contributed by atoms with Crippen LogP contribution < -0.4 is 14.8 Å². The lowest BCUT2D eigenvalue weighted by molar-refractivity contribution is -0.380. The van der Waals surface area contributed by atoms with E-state index in [9.17, 15) is 19.7 Å². The van der Waals surface area contributed by atoms with Crippen molar-refractivity contribution in [3.63, 3.8) is 0 Å². The van der Waals surface area contributed by atoms with Crippen molar-refractivity contribution in [1.29, 1.82) is 0 Å². The molecule has 0 atom stereocenters. The number of thiophene rings is 1. The number of hydrogen-bond donors (Lipinski definition) is 1. The summed E-state index contributed by atoms with van der Waals surface area (Å²) in [5.74, 6) is -0.253. The van der Waals surface area contributed by atoms with Crippen LogP contribution in [-0.4, -0.2) is 30.2 Å². The molecular formula is C14H10N2O7S. The van der Waals surface area contributed by atoms with Gasteiger partial charge in [0.1, 0.15) is 4.88 Å². The molecule has 0 radical (unpaired) electrons.